The van der Waals surface area contributed by atoms with Crippen molar-refractivity contribution in [3.63, 3.8) is 0 Å². The van der Waals surface area contributed by atoms with Gasteiger partial charge in [-0.15, -0.1) is 0 Å². The Labute approximate surface area is 246 Å². The Balaban J connectivity index is 1.25. The molecule has 2 aliphatic rings. The van der Waals surface area contributed by atoms with Gasteiger partial charge in [0.2, 0.25) is 5.95 Å². The number of anilines is 1. The van der Waals surface area contributed by atoms with Crippen LogP contribution in [0.15, 0.2) is 64.8 Å². The number of rotatable bonds is 6. The SMILES string of the molecule is COc1cc(C=C2SC(N3CCN(c4ncccn4)CC3)=NC2=O)ccc1OCc1ccc(C(F)(F)F)cc1C(F)(F)F. The molecule has 0 N–H and O–H groups in total. The van der Waals surface area contributed by atoms with E-state index in [4.69, 9.17) is 9.47 Å². The average Bonchev–Trinajstić information content (AvgIpc) is 3.35. The molecule has 0 saturated carbocycles. The van der Waals surface area contributed by atoms with Crippen molar-refractivity contribution >= 4 is 34.9 Å². The number of thioether (sulfide) groups is 1. The molecule has 5 rings (SSSR count). The van der Waals surface area contributed by atoms with Crippen molar-refractivity contribution in [3.8, 4) is 11.5 Å². The van der Waals surface area contributed by atoms with E-state index in [1.807, 2.05) is 9.80 Å². The second-order valence-electron chi connectivity index (χ2n) is 9.40. The Morgan fingerprint density at radius 3 is 2.26 bits per heavy atom. The zero-order chi connectivity index (χ0) is 30.8. The molecule has 0 unspecified atom stereocenters. The number of hydrogen-bond donors (Lipinski definition) is 0. The Hall–Kier alpha value is -4.27. The topological polar surface area (TPSA) is 80.2 Å². The van der Waals surface area contributed by atoms with Crippen molar-refractivity contribution in [2.75, 3.05) is 38.2 Å². The van der Waals surface area contributed by atoms with Gasteiger partial charge in [0.1, 0.15) is 6.61 Å². The number of piperazine rings is 1. The number of carbonyl (C=O) groups is 1. The standard InChI is InChI=1S/C28H23F6N5O3S/c1-41-22-13-17(3-6-21(22)42-16-18-4-5-19(27(29,30)31)15-20(18)28(32,33)34)14-23-24(40)37-26(43-23)39-11-9-38(10-12-39)25-35-7-2-8-36-25/h2-8,13-15H,9-12,16H2,1H3. The van der Waals surface area contributed by atoms with E-state index in [-0.39, 0.29) is 17.6 Å². The number of hydrogen-bond acceptors (Lipinski definition) is 8. The summed E-state index contributed by atoms with van der Waals surface area (Å²) < 4.78 is 90.3. The first-order valence-electron chi connectivity index (χ1n) is 12.8. The largest absolute Gasteiger partial charge is 0.493 e. The molecule has 2 aliphatic heterocycles. The molecule has 8 nitrogen and oxygen atoms in total. The zero-order valence-corrected chi connectivity index (χ0v) is 23.3. The lowest BCUT2D eigenvalue weighted by Gasteiger charge is -2.35. The highest BCUT2D eigenvalue weighted by Gasteiger charge is 2.38. The maximum absolute atomic E-state index is 13.5. The highest BCUT2D eigenvalue weighted by Crippen LogP contribution is 2.39. The summed E-state index contributed by atoms with van der Waals surface area (Å²) in [6.45, 7) is 1.91. The molecule has 1 amide bonds. The molecule has 0 radical (unpaired) electrons. The lowest BCUT2D eigenvalue weighted by atomic mass is 10.0. The molecule has 1 fully saturated rings. The van der Waals surface area contributed by atoms with Gasteiger partial charge in [-0.05, 0) is 53.7 Å². The fourth-order valence-corrected chi connectivity index (χ4v) is 5.39. The zero-order valence-electron chi connectivity index (χ0n) is 22.4. The van der Waals surface area contributed by atoms with Crippen LogP contribution < -0.4 is 14.4 Å². The Morgan fingerprint density at radius 2 is 1.60 bits per heavy atom. The van der Waals surface area contributed by atoms with E-state index >= 15 is 0 Å². The Bertz CT molecular complexity index is 1550. The number of carbonyl (C=O) groups excluding carboxylic acids is 1. The van der Waals surface area contributed by atoms with Crippen LogP contribution in [-0.2, 0) is 23.8 Å². The van der Waals surface area contributed by atoms with Crippen LogP contribution in [0.2, 0.25) is 0 Å². The summed E-state index contributed by atoms with van der Waals surface area (Å²) in [5.41, 5.74) is -2.77. The quantitative estimate of drug-likeness (QED) is 0.248. The van der Waals surface area contributed by atoms with Crippen molar-refractivity contribution in [3.05, 3.63) is 82.0 Å². The molecule has 0 aliphatic carbocycles. The molecule has 1 aromatic heterocycles. The first kappa shape index (κ1) is 30.2. The van der Waals surface area contributed by atoms with Gasteiger partial charge in [0.15, 0.2) is 16.7 Å². The third-order valence-corrected chi connectivity index (χ3v) is 7.65. The molecule has 0 atom stereocenters. The van der Waals surface area contributed by atoms with E-state index in [1.54, 1.807) is 30.6 Å². The summed E-state index contributed by atoms with van der Waals surface area (Å²) in [6, 6.07) is 7.68. The number of alkyl halides is 6. The molecule has 3 aromatic rings. The van der Waals surface area contributed by atoms with Gasteiger partial charge in [-0.25, -0.2) is 9.97 Å². The number of aliphatic imine (C=N–C) groups is 1. The van der Waals surface area contributed by atoms with Crippen LogP contribution in [0.4, 0.5) is 32.3 Å². The smallest absolute Gasteiger partial charge is 0.416 e. The summed E-state index contributed by atoms with van der Waals surface area (Å²) >= 11 is 1.23. The minimum Gasteiger partial charge on any atom is -0.493 e. The first-order valence-corrected chi connectivity index (χ1v) is 13.6. The molecule has 15 heteroatoms. The van der Waals surface area contributed by atoms with E-state index in [2.05, 4.69) is 15.0 Å². The van der Waals surface area contributed by atoms with Crippen molar-refractivity contribution in [1.29, 1.82) is 0 Å². The molecule has 2 aromatic carbocycles. The normalized spacial score (nSPS) is 17.0. The predicted molar refractivity (Wildman–Crippen MR) is 148 cm³/mol. The number of halogens is 6. The molecule has 43 heavy (non-hydrogen) atoms. The molecule has 0 bridgehead atoms. The highest BCUT2D eigenvalue weighted by molar-refractivity contribution is 8.18. The Kier molecular flexibility index (Phi) is 8.53. The summed E-state index contributed by atoms with van der Waals surface area (Å²) in [7, 11) is 1.33. The molecular weight excluding hydrogens is 600 g/mol. The molecular formula is C28H23F6N5O3S. The van der Waals surface area contributed by atoms with Crippen molar-refractivity contribution in [2.45, 2.75) is 19.0 Å². The van der Waals surface area contributed by atoms with Gasteiger partial charge in [0.05, 0.1) is 23.1 Å². The fraction of sp³-hybridized carbons (Fsp3) is 0.286. The number of nitrogens with zero attached hydrogens (tertiary/aromatic N) is 5. The second-order valence-corrected chi connectivity index (χ2v) is 10.4. The summed E-state index contributed by atoms with van der Waals surface area (Å²) in [6.07, 6.45) is -4.97. The highest BCUT2D eigenvalue weighted by atomic mass is 32.2. The molecule has 0 spiro atoms. The van der Waals surface area contributed by atoms with Crippen LogP contribution >= 0.6 is 11.8 Å². The first-order chi connectivity index (χ1) is 20.4. The number of amidine groups is 1. The van der Waals surface area contributed by atoms with Crippen LogP contribution in [-0.4, -0.2) is 59.2 Å². The van der Waals surface area contributed by atoms with E-state index in [1.165, 1.54) is 31.0 Å². The lowest BCUT2D eigenvalue weighted by Crippen LogP contribution is -2.48. The predicted octanol–water partition coefficient (Wildman–Crippen LogP) is 5.89. The number of ether oxygens (including phenoxy) is 2. The van der Waals surface area contributed by atoms with Crippen LogP contribution in [0.1, 0.15) is 22.3 Å². The average molecular weight is 624 g/mol. The van der Waals surface area contributed by atoms with Gasteiger partial charge >= 0.3 is 12.4 Å². The van der Waals surface area contributed by atoms with E-state index in [0.717, 1.165) is 6.07 Å². The van der Waals surface area contributed by atoms with Gasteiger partial charge in [0.25, 0.3) is 5.91 Å². The fourth-order valence-electron chi connectivity index (χ4n) is 4.43. The lowest BCUT2D eigenvalue weighted by molar-refractivity contribution is -0.143. The Morgan fingerprint density at radius 1 is 0.907 bits per heavy atom. The minimum absolute atomic E-state index is 0.0649. The van der Waals surface area contributed by atoms with Crippen LogP contribution in [0, 0.1) is 0 Å². The third-order valence-electron chi connectivity index (χ3n) is 6.61. The maximum atomic E-state index is 13.5. The van der Waals surface area contributed by atoms with Crippen LogP contribution in [0.3, 0.4) is 0 Å². The van der Waals surface area contributed by atoms with E-state index in [9.17, 15) is 31.1 Å². The number of methoxy groups -OCH3 is 1. The van der Waals surface area contributed by atoms with Gasteiger partial charge in [0, 0.05) is 44.1 Å². The number of aromatic nitrogens is 2. The maximum Gasteiger partial charge on any atom is 0.416 e. The number of benzene rings is 2. The van der Waals surface area contributed by atoms with Gasteiger partial charge in [-0.1, -0.05) is 12.1 Å². The van der Waals surface area contributed by atoms with Gasteiger partial charge in [-0.3, -0.25) is 4.79 Å². The van der Waals surface area contributed by atoms with Gasteiger partial charge < -0.3 is 19.3 Å². The summed E-state index contributed by atoms with van der Waals surface area (Å²) in [5, 5.41) is 0.578. The minimum atomic E-state index is -5.02. The second kappa shape index (κ2) is 12.1. The van der Waals surface area contributed by atoms with Crippen molar-refractivity contribution in [2.24, 2.45) is 4.99 Å². The molecule has 3 heterocycles. The van der Waals surface area contributed by atoms with Gasteiger partial charge in [-0.2, -0.15) is 31.3 Å². The van der Waals surface area contributed by atoms with E-state index < -0.39 is 41.6 Å². The molecule has 226 valence electrons. The number of amides is 1. The van der Waals surface area contributed by atoms with Crippen LogP contribution in [0.25, 0.3) is 6.08 Å². The van der Waals surface area contributed by atoms with Crippen molar-refractivity contribution < 1.29 is 40.6 Å². The third kappa shape index (κ3) is 7.04. The molecule has 1 saturated heterocycles. The summed E-state index contributed by atoms with van der Waals surface area (Å²) in [5.74, 6) is 0.461. The summed E-state index contributed by atoms with van der Waals surface area (Å²) in [4.78, 5) is 29.8. The van der Waals surface area contributed by atoms with E-state index in [0.29, 0.717) is 53.8 Å². The van der Waals surface area contributed by atoms with Crippen molar-refractivity contribution in [1.82, 2.24) is 14.9 Å². The van der Waals surface area contributed by atoms with Crippen LogP contribution in [0.5, 0.6) is 11.5 Å². The monoisotopic (exact) mass is 623 g/mol.